The molecule has 0 radical (unpaired) electrons. The number of nitrogens with one attached hydrogen (secondary N) is 1. The fraction of sp³-hybridized carbons (Fsp3) is 0.500. The first kappa shape index (κ1) is 14.9. The molecule has 2 rings (SSSR count). The monoisotopic (exact) mass is 276 g/mol. The van der Waals surface area contributed by atoms with Crippen LogP contribution in [0.4, 0.5) is 0 Å². The fourth-order valence-electron chi connectivity index (χ4n) is 2.47. The van der Waals surface area contributed by atoms with Gasteiger partial charge in [0.15, 0.2) is 0 Å². The van der Waals surface area contributed by atoms with Gasteiger partial charge in [0.25, 0.3) is 0 Å². The molecule has 0 unspecified atom stereocenters. The molecule has 1 atom stereocenters. The lowest BCUT2D eigenvalue weighted by molar-refractivity contribution is 0.187. The van der Waals surface area contributed by atoms with Crippen molar-refractivity contribution in [1.29, 1.82) is 0 Å². The van der Waals surface area contributed by atoms with Gasteiger partial charge in [-0.3, -0.25) is 4.90 Å². The van der Waals surface area contributed by atoms with Crippen molar-refractivity contribution in [2.75, 3.05) is 19.6 Å². The van der Waals surface area contributed by atoms with E-state index in [0.29, 0.717) is 0 Å². The van der Waals surface area contributed by atoms with Crippen molar-refractivity contribution in [2.24, 2.45) is 0 Å². The molecule has 1 N–H and O–H groups in total. The lowest BCUT2D eigenvalue weighted by atomic mass is 10.2. The Kier molecular flexibility index (Phi) is 5.44. The van der Waals surface area contributed by atoms with Crippen LogP contribution in [0.15, 0.2) is 39.4 Å². The highest BCUT2D eigenvalue weighted by Crippen LogP contribution is 2.20. The molecule has 0 aromatic carbocycles. The van der Waals surface area contributed by atoms with Crippen LogP contribution in [-0.4, -0.2) is 24.5 Å². The van der Waals surface area contributed by atoms with Crippen molar-refractivity contribution in [3.8, 4) is 0 Å². The molecule has 0 aliphatic carbocycles. The zero-order valence-electron chi connectivity index (χ0n) is 12.6. The molecule has 0 aliphatic rings. The summed E-state index contributed by atoms with van der Waals surface area (Å²) in [7, 11) is 0. The quantitative estimate of drug-likeness (QED) is 0.803. The molecule has 0 bridgehead atoms. The fourth-order valence-corrected chi connectivity index (χ4v) is 2.47. The van der Waals surface area contributed by atoms with Crippen LogP contribution in [0.1, 0.15) is 37.2 Å². The minimum atomic E-state index is 0.260. The van der Waals surface area contributed by atoms with Crippen molar-refractivity contribution in [3.63, 3.8) is 0 Å². The Hall–Kier alpha value is -1.52. The number of aryl methyl sites for hydroxylation is 1. The third-order valence-corrected chi connectivity index (χ3v) is 3.56. The predicted octanol–water partition coefficient (Wildman–Crippen LogP) is 3.35. The van der Waals surface area contributed by atoms with E-state index in [9.17, 15) is 0 Å². The standard InChI is InChI=1S/C16H24N2O2/c1-4-18(5-2)15(16-7-6-10-19-16)12-17-11-14-9-8-13(3)20-14/h6-10,15,17H,4-5,11-12H2,1-3H3/t15-/m1/s1. The van der Waals surface area contributed by atoms with Gasteiger partial charge in [0.1, 0.15) is 17.3 Å². The molecule has 0 spiro atoms. The van der Waals surface area contributed by atoms with E-state index in [2.05, 4.69) is 24.1 Å². The molecule has 110 valence electrons. The van der Waals surface area contributed by atoms with Gasteiger partial charge in [-0.2, -0.15) is 0 Å². The average molecular weight is 276 g/mol. The van der Waals surface area contributed by atoms with E-state index < -0.39 is 0 Å². The third-order valence-electron chi connectivity index (χ3n) is 3.56. The van der Waals surface area contributed by atoms with Gasteiger partial charge in [-0.25, -0.2) is 0 Å². The van der Waals surface area contributed by atoms with Crippen molar-refractivity contribution in [3.05, 3.63) is 47.8 Å². The number of furan rings is 2. The second kappa shape index (κ2) is 7.31. The summed E-state index contributed by atoms with van der Waals surface area (Å²) >= 11 is 0. The van der Waals surface area contributed by atoms with Gasteiger partial charge in [-0.05, 0) is 44.3 Å². The Morgan fingerprint density at radius 1 is 1.20 bits per heavy atom. The maximum absolute atomic E-state index is 5.58. The van der Waals surface area contributed by atoms with Gasteiger partial charge in [0.2, 0.25) is 0 Å². The molecule has 0 aliphatic heterocycles. The lowest BCUT2D eigenvalue weighted by Gasteiger charge is -2.28. The summed E-state index contributed by atoms with van der Waals surface area (Å²) in [4.78, 5) is 2.39. The minimum absolute atomic E-state index is 0.260. The summed E-state index contributed by atoms with van der Waals surface area (Å²) < 4.78 is 11.2. The maximum atomic E-state index is 5.58. The van der Waals surface area contributed by atoms with E-state index in [4.69, 9.17) is 8.83 Å². The molecule has 0 fully saturated rings. The van der Waals surface area contributed by atoms with E-state index in [-0.39, 0.29) is 6.04 Å². The molecule has 20 heavy (non-hydrogen) atoms. The van der Waals surface area contributed by atoms with Gasteiger partial charge in [0.05, 0.1) is 18.8 Å². The number of likely N-dealkylation sites (N-methyl/N-ethyl adjacent to an activating group) is 1. The summed E-state index contributed by atoms with van der Waals surface area (Å²) in [6.07, 6.45) is 1.74. The number of rotatable bonds is 8. The molecule has 4 nitrogen and oxygen atoms in total. The van der Waals surface area contributed by atoms with Gasteiger partial charge < -0.3 is 14.2 Å². The zero-order valence-corrected chi connectivity index (χ0v) is 12.6. The highest BCUT2D eigenvalue weighted by Gasteiger charge is 2.20. The smallest absolute Gasteiger partial charge is 0.122 e. The summed E-state index contributed by atoms with van der Waals surface area (Å²) in [5.41, 5.74) is 0. The van der Waals surface area contributed by atoms with E-state index in [1.165, 1.54) is 0 Å². The first-order valence-corrected chi connectivity index (χ1v) is 7.28. The van der Waals surface area contributed by atoms with E-state index >= 15 is 0 Å². The molecule has 2 heterocycles. The number of nitrogens with zero attached hydrogens (tertiary/aromatic N) is 1. The molecule has 4 heteroatoms. The Balaban J connectivity index is 1.94. The van der Waals surface area contributed by atoms with Crippen LogP contribution in [0.5, 0.6) is 0 Å². The van der Waals surface area contributed by atoms with Crippen LogP contribution < -0.4 is 5.32 Å². The van der Waals surface area contributed by atoms with Crippen molar-refractivity contribution >= 4 is 0 Å². The summed E-state index contributed by atoms with van der Waals surface area (Å²) in [5.74, 6) is 2.94. The summed E-state index contributed by atoms with van der Waals surface area (Å²) in [6, 6.07) is 8.26. The number of hydrogen-bond acceptors (Lipinski definition) is 4. The van der Waals surface area contributed by atoms with Gasteiger partial charge in [0, 0.05) is 6.54 Å². The van der Waals surface area contributed by atoms with Crippen LogP contribution in [-0.2, 0) is 6.54 Å². The van der Waals surface area contributed by atoms with E-state index in [1.807, 2.05) is 31.2 Å². The molecule has 0 saturated carbocycles. The number of hydrogen-bond donors (Lipinski definition) is 1. The van der Waals surface area contributed by atoms with Gasteiger partial charge in [-0.1, -0.05) is 13.8 Å². The largest absolute Gasteiger partial charge is 0.468 e. The molecular formula is C16H24N2O2. The highest BCUT2D eigenvalue weighted by molar-refractivity contribution is 5.07. The summed E-state index contributed by atoms with van der Waals surface area (Å²) in [6.45, 7) is 9.91. The SMILES string of the molecule is CCN(CC)[C@H](CNCc1ccc(C)o1)c1ccco1. The first-order valence-electron chi connectivity index (χ1n) is 7.28. The molecule has 0 saturated heterocycles. The Bertz CT molecular complexity index is 486. The second-order valence-electron chi connectivity index (χ2n) is 4.90. The highest BCUT2D eigenvalue weighted by atomic mass is 16.3. The van der Waals surface area contributed by atoms with Gasteiger partial charge >= 0.3 is 0 Å². The average Bonchev–Trinajstić information content (AvgIpc) is 3.10. The molecule has 2 aromatic heterocycles. The van der Waals surface area contributed by atoms with Crippen LogP contribution in [0, 0.1) is 6.92 Å². The molecule has 2 aromatic rings. The normalized spacial score (nSPS) is 13.0. The Morgan fingerprint density at radius 3 is 2.55 bits per heavy atom. The van der Waals surface area contributed by atoms with E-state index in [1.54, 1.807) is 6.26 Å². The Labute approximate surface area is 120 Å². The molecule has 0 amide bonds. The predicted molar refractivity (Wildman–Crippen MR) is 79.5 cm³/mol. The third kappa shape index (κ3) is 3.74. The van der Waals surface area contributed by atoms with E-state index in [0.717, 1.165) is 43.5 Å². The second-order valence-corrected chi connectivity index (χ2v) is 4.90. The van der Waals surface area contributed by atoms with Crippen LogP contribution >= 0.6 is 0 Å². The van der Waals surface area contributed by atoms with Crippen molar-refractivity contribution in [1.82, 2.24) is 10.2 Å². The first-order chi connectivity index (χ1) is 9.74. The Morgan fingerprint density at radius 2 is 2.00 bits per heavy atom. The minimum Gasteiger partial charge on any atom is -0.468 e. The summed E-state index contributed by atoms with van der Waals surface area (Å²) in [5, 5.41) is 3.46. The van der Waals surface area contributed by atoms with Crippen LogP contribution in [0.3, 0.4) is 0 Å². The van der Waals surface area contributed by atoms with Crippen LogP contribution in [0.2, 0.25) is 0 Å². The van der Waals surface area contributed by atoms with Gasteiger partial charge in [-0.15, -0.1) is 0 Å². The topological polar surface area (TPSA) is 41.5 Å². The molecular weight excluding hydrogens is 252 g/mol. The maximum Gasteiger partial charge on any atom is 0.122 e. The zero-order chi connectivity index (χ0) is 14.4. The lowest BCUT2D eigenvalue weighted by Crippen LogP contribution is -2.35. The van der Waals surface area contributed by atoms with Crippen molar-refractivity contribution < 1.29 is 8.83 Å². The van der Waals surface area contributed by atoms with Crippen molar-refractivity contribution in [2.45, 2.75) is 33.4 Å². The van der Waals surface area contributed by atoms with Crippen LogP contribution in [0.25, 0.3) is 0 Å².